The van der Waals surface area contributed by atoms with Crippen LogP contribution >= 0.6 is 0 Å². The van der Waals surface area contributed by atoms with Gasteiger partial charge in [0.15, 0.2) is 0 Å². The van der Waals surface area contributed by atoms with Crippen molar-refractivity contribution in [1.29, 1.82) is 0 Å². The molecule has 2 aliphatic rings. The van der Waals surface area contributed by atoms with Crippen LogP contribution in [0.5, 0.6) is 5.75 Å². The predicted molar refractivity (Wildman–Crippen MR) is 108 cm³/mol. The molecule has 4 atom stereocenters. The molecular formula is C24H28O4. The summed E-state index contributed by atoms with van der Waals surface area (Å²) in [7, 11) is 0. The monoisotopic (exact) mass is 380 g/mol. The van der Waals surface area contributed by atoms with E-state index in [-0.39, 0.29) is 24.0 Å². The van der Waals surface area contributed by atoms with E-state index in [1.165, 1.54) is 0 Å². The van der Waals surface area contributed by atoms with Gasteiger partial charge in [-0.2, -0.15) is 0 Å². The van der Waals surface area contributed by atoms with E-state index < -0.39 is 17.5 Å². The molecule has 4 rings (SSSR count). The molecule has 2 aromatic rings. The van der Waals surface area contributed by atoms with Crippen molar-refractivity contribution < 1.29 is 19.4 Å². The van der Waals surface area contributed by atoms with Gasteiger partial charge in [0.1, 0.15) is 11.4 Å². The highest BCUT2D eigenvalue weighted by molar-refractivity contribution is 5.71. The second kappa shape index (κ2) is 6.93. The van der Waals surface area contributed by atoms with E-state index in [0.717, 1.165) is 22.4 Å². The average molecular weight is 380 g/mol. The van der Waals surface area contributed by atoms with Crippen LogP contribution in [0.15, 0.2) is 48.5 Å². The number of carbonyl (C=O) groups is 1. The fourth-order valence-electron chi connectivity index (χ4n) is 4.72. The summed E-state index contributed by atoms with van der Waals surface area (Å²) in [6.45, 7) is 8.15. The first-order valence-corrected chi connectivity index (χ1v) is 10.0. The lowest BCUT2D eigenvalue weighted by atomic mass is 9.70. The maximum absolute atomic E-state index is 11.9. The van der Waals surface area contributed by atoms with E-state index in [1.54, 1.807) is 0 Å². The van der Waals surface area contributed by atoms with Crippen LogP contribution in [0.3, 0.4) is 0 Å². The standard InChI is InChI=1S/C24H28O4/c1-14(2)21-18(23(25)26)13-19-22(27-21)17-12-16(15-8-6-5-7-9-15)10-11-20(17)28-24(19,3)4/h5-12,14,18-19,21-22H,13H2,1-4H3,(H,25,26)/t18-,19-,21-,22+/m1/s1. The summed E-state index contributed by atoms with van der Waals surface area (Å²) in [5.74, 6) is -0.335. The molecule has 0 aliphatic carbocycles. The first-order valence-electron chi connectivity index (χ1n) is 10.0. The first-order chi connectivity index (χ1) is 13.3. The Morgan fingerprint density at radius 2 is 1.82 bits per heavy atom. The number of aliphatic carboxylic acids is 1. The Morgan fingerprint density at radius 3 is 2.46 bits per heavy atom. The van der Waals surface area contributed by atoms with Crippen molar-refractivity contribution in [3.8, 4) is 16.9 Å². The summed E-state index contributed by atoms with van der Waals surface area (Å²) in [4.78, 5) is 11.9. The van der Waals surface area contributed by atoms with Crippen LogP contribution < -0.4 is 4.74 Å². The number of hydrogen-bond acceptors (Lipinski definition) is 3. The minimum atomic E-state index is -0.781. The molecule has 0 bridgehead atoms. The van der Waals surface area contributed by atoms with Gasteiger partial charge in [0.2, 0.25) is 0 Å². The number of ether oxygens (including phenoxy) is 2. The fraction of sp³-hybridized carbons (Fsp3) is 0.458. The molecule has 0 saturated carbocycles. The number of fused-ring (bicyclic) bond motifs is 3. The van der Waals surface area contributed by atoms with Gasteiger partial charge >= 0.3 is 5.97 Å². The minimum absolute atomic E-state index is 0.0119. The lowest BCUT2D eigenvalue weighted by Gasteiger charge is -2.51. The topological polar surface area (TPSA) is 55.8 Å². The molecule has 0 amide bonds. The molecule has 2 aliphatic heterocycles. The van der Waals surface area contributed by atoms with Gasteiger partial charge in [-0.3, -0.25) is 4.79 Å². The second-order valence-corrected chi connectivity index (χ2v) is 8.88. The van der Waals surface area contributed by atoms with Gasteiger partial charge < -0.3 is 14.6 Å². The van der Waals surface area contributed by atoms with Gasteiger partial charge in [-0.15, -0.1) is 0 Å². The molecule has 28 heavy (non-hydrogen) atoms. The largest absolute Gasteiger partial charge is 0.487 e. The number of benzene rings is 2. The van der Waals surface area contributed by atoms with Crippen molar-refractivity contribution in [3.05, 3.63) is 54.1 Å². The Labute approximate surface area is 166 Å². The molecule has 1 fully saturated rings. The van der Waals surface area contributed by atoms with Gasteiger partial charge in [-0.1, -0.05) is 50.2 Å². The Morgan fingerprint density at radius 1 is 1.11 bits per heavy atom. The summed E-state index contributed by atoms with van der Waals surface area (Å²) in [5, 5.41) is 9.79. The van der Waals surface area contributed by atoms with E-state index in [4.69, 9.17) is 9.47 Å². The molecule has 1 N–H and O–H groups in total. The van der Waals surface area contributed by atoms with Crippen LogP contribution in [0.1, 0.15) is 45.8 Å². The SMILES string of the molecule is CC(C)[C@H]1O[C@H]2c3cc(-c4ccccc4)ccc3OC(C)(C)[C@@H]2C[C@H]1C(=O)O. The third-order valence-electron chi connectivity index (χ3n) is 6.24. The molecule has 0 unspecified atom stereocenters. The third kappa shape index (κ3) is 3.20. The van der Waals surface area contributed by atoms with Gasteiger partial charge in [-0.05, 0) is 49.4 Å². The van der Waals surface area contributed by atoms with Crippen molar-refractivity contribution in [2.75, 3.05) is 0 Å². The van der Waals surface area contributed by atoms with Crippen molar-refractivity contribution in [1.82, 2.24) is 0 Å². The van der Waals surface area contributed by atoms with E-state index in [9.17, 15) is 9.90 Å². The van der Waals surface area contributed by atoms with Gasteiger partial charge in [-0.25, -0.2) is 0 Å². The number of carboxylic acids is 1. The van der Waals surface area contributed by atoms with E-state index in [1.807, 2.05) is 52.0 Å². The highest BCUT2D eigenvalue weighted by Crippen LogP contribution is 2.53. The summed E-state index contributed by atoms with van der Waals surface area (Å²) in [6.07, 6.45) is 0.0940. The van der Waals surface area contributed by atoms with Crippen molar-refractivity contribution in [2.24, 2.45) is 17.8 Å². The van der Waals surface area contributed by atoms with Crippen LogP contribution in [0, 0.1) is 17.8 Å². The Kier molecular flexibility index (Phi) is 4.70. The molecule has 2 heterocycles. The van der Waals surface area contributed by atoms with Crippen molar-refractivity contribution in [2.45, 2.75) is 51.9 Å². The van der Waals surface area contributed by atoms with Crippen LogP contribution in [0.4, 0.5) is 0 Å². The zero-order chi connectivity index (χ0) is 20.1. The second-order valence-electron chi connectivity index (χ2n) is 8.88. The molecule has 1 saturated heterocycles. The maximum Gasteiger partial charge on any atom is 0.309 e. The van der Waals surface area contributed by atoms with Gasteiger partial charge in [0.05, 0.1) is 18.1 Å². The first kappa shape index (κ1) is 19.0. The van der Waals surface area contributed by atoms with Gasteiger partial charge in [0, 0.05) is 11.5 Å². The minimum Gasteiger partial charge on any atom is -0.487 e. The summed E-state index contributed by atoms with van der Waals surface area (Å²) < 4.78 is 12.8. The quantitative estimate of drug-likeness (QED) is 0.782. The smallest absolute Gasteiger partial charge is 0.309 e. The summed E-state index contributed by atoms with van der Waals surface area (Å²) in [6, 6.07) is 16.5. The lowest BCUT2D eigenvalue weighted by molar-refractivity contribution is -0.195. The van der Waals surface area contributed by atoms with Gasteiger partial charge in [0.25, 0.3) is 0 Å². The zero-order valence-electron chi connectivity index (χ0n) is 16.9. The third-order valence-corrected chi connectivity index (χ3v) is 6.24. The maximum atomic E-state index is 11.9. The van der Waals surface area contributed by atoms with Crippen LogP contribution in [0.2, 0.25) is 0 Å². The molecule has 0 spiro atoms. The number of hydrogen-bond donors (Lipinski definition) is 1. The van der Waals surface area contributed by atoms with Crippen LogP contribution in [-0.4, -0.2) is 22.8 Å². The van der Waals surface area contributed by atoms with Crippen LogP contribution in [-0.2, 0) is 9.53 Å². The number of rotatable bonds is 3. The predicted octanol–water partition coefficient (Wildman–Crippen LogP) is 5.33. The lowest BCUT2D eigenvalue weighted by Crippen LogP contribution is -2.53. The van der Waals surface area contributed by atoms with Crippen molar-refractivity contribution in [3.63, 3.8) is 0 Å². The fourth-order valence-corrected chi connectivity index (χ4v) is 4.72. The van der Waals surface area contributed by atoms with E-state index in [0.29, 0.717) is 6.42 Å². The van der Waals surface area contributed by atoms with E-state index in [2.05, 4.69) is 24.3 Å². The Balaban J connectivity index is 1.78. The zero-order valence-corrected chi connectivity index (χ0v) is 16.9. The van der Waals surface area contributed by atoms with Crippen LogP contribution in [0.25, 0.3) is 11.1 Å². The molecule has 148 valence electrons. The average Bonchev–Trinajstić information content (AvgIpc) is 2.67. The number of carboxylic acid groups (broad SMARTS) is 1. The highest BCUT2D eigenvalue weighted by atomic mass is 16.5. The molecule has 0 aromatic heterocycles. The highest BCUT2D eigenvalue weighted by Gasteiger charge is 2.52. The molecule has 4 nitrogen and oxygen atoms in total. The normalized spacial score (nSPS) is 28.2. The Hall–Kier alpha value is -2.33. The summed E-state index contributed by atoms with van der Waals surface area (Å²) >= 11 is 0. The molecule has 4 heteroatoms. The summed E-state index contributed by atoms with van der Waals surface area (Å²) in [5.41, 5.74) is 2.81. The Bertz CT molecular complexity index is 871. The molecular weight excluding hydrogens is 352 g/mol. The van der Waals surface area contributed by atoms with E-state index >= 15 is 0 Å². The molecule has 0 radical (unpaired) electrons. The molecule has 2 aromatic carbocycles. The van der Waals surface area contributed by atoms with Crippen molar-refractivity contribution >= 4 is 5.97 Å².